The molecule has 1 atom stereocenters. The minimum absolute atomic E-state index is 0.0640. The zero-order valence-corrected chi connectivity index (χ0v) is 18.8. The molecule has 3 aromatic rings. The number of nitro groups is 1. The largest absolute Gasteiger partial charge is 0.511 e. The van der Waals surface area contributed by atoms with Crippen LogP contribution in [0.1, 0.15) is 30.9 Å². The standard InChI is InChI=1S/C24H20F2N4O6/c25-18-9-17-21(29(15-4-5-15)12-19(23(17)31)36-24(32)33)20(26)22(18)28-7-6-14(11-28)27-10-13-2-1-3-16(8-13)30(34)35/h1-3,8-10,12,14-15H,4-7,11H2,(H,32,33). The van der Waals surface area contributed by atoms with Gasteiger partial charge in [-0.25, -0.2) is 13.6 Å². The van der Waals surface area contributed by atoms with Crippen molar-refractivity contribution in [3.8, 4) is 5.75 Å². The molecule has 1 saturated carbocycles. The van der Waals surface area contributed by atoms with Crippen LogP contribution in [0.25, 0.3) is 10.9 Å². The first kappa shape index (κ1) is 23.4. The lowest BCUT2D eigenvalue weighted by molar-refractivity contribution is -0.384. The number of pyridine rings is 1. The fourth-order valence-corrected chi connectivity index (χ4v) is 4.48. The number of anilines is 1. The Bertz CT molecular complexity index is 1480. The molecule has 2 heterocycles. The second-order valence-electron chi connectivity index (χ2n) is 8.76. The van der Waals surface area contributed by atoms with E-state index in [1.807, 2.05) is 0 Å². The van der Waals surface area contributed by atoms with Gasteiger partial charge in [0.15, 0.2) is 11.6 Å². The molecule has 186 valence electrons. The van der Waals surface area contributed by atoms with E-state index >= 15 is 8.78 Å². The highest BCUT2D eigenvalue weighted by Crippen LogP contribution is 2.40. The molecule has 2 aliphatic rings. The smallest absolute Gasteiger partial charge is 0.449 e. The van der Waals surface area contributed by atoms with Crippen LogP contribution in [0.2, 0.25) is 0 Å². The lowest BCUT2D eigenvalue weighted by Gasteiger charge is -2.22. The number of non-ortho nitro benzene ring substituents is 1. The molecule has 0 radical (unpaired) electrons. The van der Waals surface area contributed by atoms with E-state index < -0.39 is 33.9 Å². The normalized spacial score (nSPS) is 17.7. The summed E-state index contributed by atoms with van der Waals surface area (Å²) < 4.78 is 37.0. The second-order valence-corrected chi connectivity index (χ2v) is 8.76. The molecule has 1 aliphatic heterocycles. The SMILES string of the molecule is O=C(O)Oc1cn(C2CC2)c2c(F)c(N3CCC(N=Cc4cccc([N+](=O)[O-])c4)C3)c(F)cc2c1=O. The molecule has 0 spiro atoms. The van der Waals surface area contributed by atoms with Crippen molar-refractivity contribution in [1.82, 2.24) is 4.57 Å². The highest BCUT2D eigenvalue weighted by molar-refractivity contribution is 5.86. The van der Waals surface area contributed by atoms with Crippen molar-refractivity contribution < 1.29 is 28.3 Å². The number of carbonyl (C=O) groups is 1. The van der Waals surface area contributed by atoms with E-state index in [1.54, 1.807) is 12.1 Å². The summed E-state index contributed by atoms with van der Waals surface area (Å²) in [5.74, 6) is -2.36. The van der Waals surface area contributed by atoms with Crippen molar-refractivity contribution in [2.45, 2.75) is 31.3 Å². The van der Waals surface area contributed by atoms with Gasteiger partial charge in [-0.3, -0.25) is 19.9 Å². The molecule has 1 saturated heterocycles. The van der Waals surface area contributed by atoms with Gasteiger partial charge in [0.2, 0.25) is 5.43 Å². The van der Waals surface area contributed by atoms with Crippen molar-refractivity contribution in [2.75, 3.05) is 18.0 Å². The van der Waals surface area contributed by atoms with Gasteiger partial charge in [0, 0.05) is 37.5 Å². The van der Waals surface area contributed by atoms with Gasteiger partial charge in [0.25, 0.3) is 5.69 Å². The summed E-state index contributed by atoms with van der Waals surface area (Å²) in [6.07, 6.45) is 2.88. The molecule has 36 heavy (non-hydrogen) atoms. The zero-order valence-electron chi connectivity index (χ0n) is 18.8. The lowest BCUT2D eigenvalue weighted by atomic mass is 10.1. The van der Waals surface area contributed by atoms with E-state index in [2.05, 4.69) is 9.73 Å². The van der Waals surface area contributed by atoms with Crippen LogP contribution in [-0.4, -0.2) is 46.1 Å². The summed E-state index contributed by atoms with van der Waals surface area (Å²) in [7, 11) is 0. The van der Waals surface area contributed by atoms with E-state index in [4.69, 9.17) is 5.11 Å². The number of nitro benzene ring substituents is 1. The Morgan fingerprint density at radius 1 is 1.25 bits per heavy atom. The number of benzene rings is 2. The Kier molecular flexibility index (Phi) is 5.86. The number of hydrogen-bond acceptors (Lipinski definition) is 7. The quantitative estimate of drug-likeness (QED) is 0.233. The van der Waals surface area contributed by atoms with E-state index in [-0.39, 0.29) is 40.9 Å². The van der Waals surface area contributed by atoms with Crippen LogP contribution in [0.15, 0.2) is 46.3 Å². The highest BCUT2D eigenvalue weighted by Gasteiger charge is 2.32. The number of hydrogen-bond donors (Lipinski definition) is 1. The van der Waals surface area contributed by atoms with Gasteiger partial charge in [-0.05, 0) is 30.9 Å². The number of aromatic nitrogens is 1. The Morgan fingerprint density at radius 2 is 2.03 bits per heavy atom. The predicted molar refractivity (Wildman–Crippen MR) is 126 cm³/mol. The monoisotopic (exact) mass is 498 g/mol. The molecule has 1 N–H and O–H groups in total. The van der Waals surface area contributed by atoms with E-state index in [1.165, 1.54) is 27.8 Å². The molecule has 5 rings (SSSR count). The highest BCUT2D eigenvalue weighted by atomic mass is 19.1. The Hall–Kier alpha value is -4.35. The number of carboxylic acid groups (broad SMARTS) is 1. The molecule has 1 aromatic heterocycles. The molecule has 10 nitrogen and oxygen atoms in total. The fraction of sp³-hybridized carbons (Fsp3) is 0.292. The maximum atomic E-state index is 15.8. The summed E-state index contributed by atoms with van der Waals surface area (Å²) >= 11 is 0. The predicted octanol–water partition coefficient (Wildman–Crippen LogP) is 4.28. The zero-order chi connectivity index (χ0) is 25.6. The molecule has 2 aromatic carbocycles. The van der Waals surface area contributed by atoms with E-state index in [0.717, 1.165) is 12.3 Å². The Morgan fingerprint density at radius 3 is 2.72 bits per heavy atom. The van der Waals surface area contributed by atoms with E-state index in [9.17, 15) is 19.7 Å². The van der Waals surface area contributed by atoms with Crippen LogP contribution in [-0.2, 0) is 0 Å². The topological polar surface area (TPSA) is 127 Å². The average molecular weight is 498 g/mol. The Labute approximate surface area is 202 Å². The number of ether oxygens (including phenoxy) is 1. The van der Waals surface area contributed by atoms with Crippen LogP contribution in [0.5, 0.6) is 5.75 Å². The summed E-state index contributed by atoms with van der Waals surface area (Å²) in [5.41, 5.74) is -0.810. The first-order chi connectivity index (χ1) is 17.2. The van der Waals surface area contributed by atoms with Crippen molar-refractivity contribution in [2.24, 2.45) is 4.99 Å². The van der Waals surface area contributed by atoms with Crippen LogP contribution in [0.3, 0.4) is 0 Å². The van der Waals surface area contributed by atoms with Crippen molar-refractivity contribution >= 4 is 34.6 Å². The molecule has 0 bridgehead atoms. The third kappa shape index (κ3) is 4.37. The maximum Gasteiger partial charge on any atom is 0.511 e. The van der Waals surface area contributed by atoms with Gasteiger partial charge in [-0.1, -0.05) is 12.1 Å². The first-order valence-electron chi connectivity index (χ1n) is 11.2. The van der Waals surface area contributed by atoms with E-state index in [0.29, 0.717) is 31.4 Å². The first-order valence-corrected chi connectivity index (χ1v) is 11.2. The summed E-state index contributed by atoms with van der Waals surface area (Å²) in [5, 5.41) is 19.6. The second kappa shape index (κ2) is 9.02. The molecular weight excluding hydrogens is 478 g/mol. The lowest BCUT2D eigenvalue weighted by Crippen LogP contribution is -2.24. The number of fused-ring (bicyclic) bond motifs is 1. The summed E-state index contributed by atoms with van der Waals surface area (Å²) in [6, 6.07) is 6.45. The molecule has 2 fully saturated rings. The molecule has 1 unspecified atom stereocenters. The van der Waals surface area contributed by atoms with Crippen molar-refractivity contribution in [3.63, 3.8) is 0 Å². The number of rotatable bonds is 6. The van der Waals surface area contributed by atoms with Gasteiger partial charge < -0.3 is 19.3 Å². The van der Waals surface area contributed by atoms with Gasteiger partial charge in [-0.2, -0.15) is 0 Å². The van der Waals surface area contributed by atoms with Gasteiger partial charge in [-0.15, -0.1) is 0 Å². The number of nitrogens with zero attached hydrogens (tertiary/aromatic N) is 4. The third-order valence-electron chi connectivity index (χ3n) is 6.28. The van der Waals surface area contributed by atoms with Crippen molar-refractivity contribution in [1.29, 1.82) is 0 Å². The van der Waals surface area contributed by atoms with Crippen LogP contribution >= 0.6 is 0 Å². The summed E-state index contributed by atoms with van der Waals surface area (Å²) in [6.45, 7) is 0.517. The third-order valence-corrected chi connectivity index (χ3v) is 6.28. The average Bonchev–Trinajstić information content (AvgIpc) is 3.58. The Balaban J connectivity index is 1.47. The maximum absolute atomic E-state index is 15.8. The van der Waals surface area contributed by atoms with Crippen LogP contribution < -0.4 is 15.1 Å². The minimum atomic E-state index is -1.69. The number of aliphatic imine (C=N–C) groups is 1. The molecule has 0 amide bonds. The van der Waals surface area contributed by atoms with Gasteiger partial charge in [0.1, 0.15) is 11.5 Å². The van der Waals surface area contributed by atoms with Crippen molar-refractivity contribution in [3.05, 3.63) is 74.1 Å². The van der Waals surface area contributed by atoms with Crippen LogP contribution in [0, 0.1) is 21.7 Å². The molecule has 1 aliphatic carbocycles. The van der Waals surface area contributed by atoms with Crippen LogP contribution in [0.4, 0.5) is 25.0 Å². The minimum Gasteiger partial charge on any atom is -0.449 e. The number of halogens is 2. The molecule has 12 heteroatoms. The summed E-state index contributed by atoms with van der Waals surface area (Å²) in [4.78, 5) is 40.1. The van der Waals surface area contributed by atoms with Gasteiger partial charge >= 0.3 is 6.16 Å². The molecular formula is C24H20F2N4O6. The fourth-order valence-electron chi connectivity index (χ4n) is 4.48. The van der Waals surface area contributed by atoms with Gasteiger partial charge in [0.05, 0.1) is 28.1 Å².